The molecule has 3 aromatic rings. The van der Waals surface area contributed by atoms with Gasteiger partial charge in [0.05, 0.1) is 12.2 Å². The van der Waals surface area contributed by atoms with Crippen molar-refractivity contribution in [1.82, 2.24) is 15.2 Å². The molecule has 0 fully saturated rings. The first kappa shape index (κ1) is 14.9. The minimum absolute atomic E-state index is 0.0547. The van der Waals surface area contributed by atoms with Gasteiger partial charge in [-0.1, -0.05) is 30.3 Å². The molecule has 0 saturated carbocycles. The third-order valence-corrected chi connectivity index (χ3v) is 3.32. The van der Waals surface area contributed by atoms with Gasteiger partial charge >= 0.3 is 0 Å². The van der Waals surface area contributed by atoms with Crippen LogP contribution in [0.2, 0.25) is 0 Å². The zero-order valence-electron chi connectivity index (χ0n) is 12.6. The molecule has 0 radical (unpaired) electrons. The highest BCUT2D eigenvalue weighted by Gasteiger charge is 2.07. The van der Waals surface area contributed by atoms with Gasteiger partial charge in [0.15, 0.2) is 5.82 Å². The minimum atomic E-state index is -0.282. The average Bonchev–Trinajstić information content (AvgIpc) is 2.58. The number of nitrogens with zero attached hydrogens (tertiary/aromatic N) is 3. The molecular formula is C17H16FN5. The minimum Gasteiger partial charge on any atom is -0.346 e. The first-order valence-electron chi connectivity index (χ1n) is 7.24. The topological polar surface area (TPSA) is 62.7 Å². The predicted octanol–water partition coefficient (Wildman–Crippen LogP) is 3.93. The van der Waals surface area contributed by atoms with Crippen molar-refractivity contribution in [1.29, 1.82) is 0 Å². The summed E-state index contributed by atoms with van der Waals surface area (Å²) in [5, 5.41) is 14.2. The fourth-order valence-electron chi connectivity index (χ4n) is 2.12. The molecule has 1 heterocycles. The number of aromatic nitrogens is 3. The van der Waals surface area contributed by atoms with Gasteiger partial charge in [-0.3, -0.25) is 0 Å². The number of nitrogens with one attached hydrogen (secondary N) is 2. The van der Waals surface area contributed by atoms with Crippen LogP contribution >= 0.6 is 0 Å². The van der Waals surface area contributed by atoms with Crippen LogP contribution < -0.4 is 10.6 Å². The van der Waals surface area contributed by atoms with Crippen molar-refractivity contribution in [2.75, 3.05) is 10.6 Å². The van der Waals surface area contributed by atoms with Crippen LogP contribution in [0.4, 0.5) is 21.8 Å². The lowest BCUT2D eigenvalue weighted by atomic mass is 10.1. The van der Waals surface area contributed by atoms with Crippen molar-refractivity contribution in [2.24, 2.45) is 0 Å². The second-order valence-electron chi connectivity index (χ2n) is 5.07. The van der Waals surface area contributed by atoms with Crippen LogP contribution in [0.15, 0.2) is 60.8 Å². The van der Waals surface area contributed by atoms with E-state index >= 15 is 0 Å². The van der Waals surface area contributed by atoms with Crippen LogP contribution in [-0.2, 0) is 0 Å². The molecule has 23 heavy (non-hydrogen) atoms. The van der Waals surface area contributed by atoms with E-state index in [1.807, 2.05) is 37.3 Å². The van der Waals surface area contributed by atoms with E-state index in [0.717, 1.165) is 11.3 Å². The zero-order chi connectivity index (χ0) is 16.1. The number of benzene rings is 2. The standard InChI is InChI=1S/C17H16FN5/c1-12(13-5-3-2-4-6-13)20-17-22-16(11-19-23-17)21-15-9-7-14(18)8-10-15/h2-12H,1H3,(H2,20,21,22,23). The first-order chi connectivity index (χ1) is 11.2. The number of hydrogen-bond donors (Lipinski definition) is 2. The van der Waals surface area contributed by atoms with Crippen molar-refractivity contribution in [2.45, 2.75) is 13.0 Å². The van der Waals surface area contributed by atoms with Crippen LogP contribution in [0.25, 0.3) is 0 Å². The van der Waals surface area contributed by atoms with E-state index in [2.05, 4.69) is 25.8 Å². The van der Waals surface area contributed by atoms with E-state index in [9.17, 15) is 4.39 Å². The SMILES string of the molecule is CC(Nc1nncc(Nc2ccc(F)cc2)n1)c1ccccc1. The highest BCUT2D eigenvalue weighted by molar-refractivity contribution is 5.55. The third-order valence-electron chi connectivity index (χ3n) is 3.32. The highest BCUT2D eigenvalue weighted by Crippen LogP contribution is 2.18. The largest absolute Gasteiger partial charge is 0.346 e. The Balaban J connectivity index is 1.71. The van der Waals surface area contributed by atoms with Gasteiger partial charge in [-0.25, -0.2) is 4.39 Å². The summed E-state index contributed by atoms with van der Waals surface area (Å²) < 4.78 is 12.9. The molecule has 1 unspecified atom stereocenters. The molecule has 0 aliphatic rings. The van der Waals surface area contributed by atoms with Crippen molar-refractivity contribution in [3.8, 4) is 0 Å². The monoisotopic (exact) mass is 309 g/mol. The second-order valence-corrected chi connectivity index (χ2v) is 5.07. The van der Waals surface area contributed by atoms with Crippen LogP contribution in [0.3, 0.4) is 0 Å². The maximum atomic E-state index is 12.9. The Kier molecular flexibility index (Phi) is 4.42. The molecule has 3 rings (SSSR count). The Morgan fingerprint density at radius 2 is 1.74 bits per heavy atom. The molecule has 2 aromatic carbocycles. The number of rotatable bonds is 5. The Hall–Kier alpha value is -3.02. The van der Waals surface area contributed by atoms with Gasteiger partial charge in [-0.15, -0.1) is 5.10 Å². The molecule has 0 amide bonds. The van der Waals surface area contributed by atoms with Crippen molar-refractivity contribution in [3.63, 3.8) is 0 Å². The smallest absolute Gasteiger partial charge is 0.245 e. The summed E-state index contributed by atoms with van der Waals surface area (Å²) in [7, 11) is 0. The summed E-state index contributed by atoms with van der Waals surface area (Å²) in [6, 6.07) is 16.1. The fraction of sp³-hybridized carbons (Fsp3) is 0.118. The number of anilines is 3. The van der Waals surface area contributed by atoms with Gasteiger partial charge in [0, 0.05) is 5.69 Å². The molecule has 0 bridgehead atoms. The molecular weight excluding hydrogens is 293 g/mol. The summed E-state index contributed by atoms with van der Waals surface area (Å²) in [5.41, 5.74) is 1.86. The first-order valence-corrected chi connectivity index (χ1v) is 7.24. The molecule has 2 N–H and O–H groups in total. The van der Waals surface area contributed by atoms with Gasteiger partial charge < -0.3 is 10.6 Å². The van der Waals surface area contributed by atoms with Crippen LogP contribution in [0, 0.1) is 5.82 Å². The van der Waals surface area contributed by atoms with Gasteiger partial charge in [-0.2, -0.15) is 10.1 Å². The molecule has 116 valence electrons. The lowest BCUT2D eigenvalue weighted by molar-refractivity contribution is 0.628. The summed E-state index contributed by atoms with van der Waals surface area (Å²) in [4.78, 5) is 4.37. The Morgan fingerprint density at radius 1 is 1.00 bits per heavy atom. The fourth-order valence-corrected chi connectivity index (χ4v) is 2.12. The van der Waals surface area contributed by atoms with E-state index in [-0.39, 0.29) is 11.9 Å². The van der Waals surface area contributed by atoms with Crippen molar-refractivity contribution >= 4 is 17.5 Å². The van der Waals surface area contributed by atoms with Gasteiger partial charge in [0.25, 0.3) is 0 Å². The van der Waals surface area contributed by atoms with Crippen molar-refractivity contribution < 1.29 is 4.39 Å². The lowest BCUT2D eigenvalue weighted by Gasteiger charge is -2.14. The molecule has 6 heteroatoms. The quantitative estimate of drug-likeness (QED) is 0.748. The van der Waals surface area contributed by atoms with E-state index in [1.54, 1.807) is 12.1 Å². The summed E-state index contributed by atoms with van der Waals surface area (Å²) >= 11 is 0. The highest BCUT2D eigenvalue weighted by atomic mass is 19.1. The molecule has 0 spiro atoms. The Morgan fingerprint density at radius 3 is 2.48 bits per heavy atom. The van der Waals surface area contributed by atoms with E-state index < -0.39 is 0 Å². The van der Waals surface area contributed by atoms with Gasteiger partial charge in [-0.05, 0) is 36.8 Å². The van der Waals surface area contributed by atoms with Gasteiger partial charge in [0.2, 0.25) is 5.95 Å². The maximum Gasteiger partial charge on any atom is 0.245 e. The predicted molar refractivity (Wildman–Crippen MR) is 88.0 cm³/mol. The van der Waals surface area contributed by atoms with Crippen LogP contribution in [0.1, 0.15) is 18.5 Å². The third kappa shape index (κ3) is 4.00. The summed E-state index contributed by atoms with van der Waals surface area (Å²) in [5.74, 6) is 0.679. The molecule has 0 saturated heterocycles. The maximum absolute atomic E-state index is 12.9. The number of hydrogen-bond acceptors (Lipinski definition) is 5. The molecule has 0 aliphatic heterocycles. The van der Waals surface area contributed by atoms with Crippen LogP contribution in [0.5, 0.6) is 0 Å². The van der Waals surface area contributed by atoms with Gasteiger partial charge in [0.1, 0.15) is 5.82 Å². The average molecular weight is 309 g/mol. The molecule has 5 nitrogen and oxygen atoms in total. The second kappa shape index (κ2) is 6.83. The molecule has 1 atom stereocenters. The Labute approximate surface area is 133 Å². The van der Waals surface area contributed by atoms with E-state index in [4.69, 9.17) is 0 Å². The van der Waals surface area contributed by atoms with Crippen molar-refractivity contribution in [3.05, 3.63) is 72.2 Å². The summed E-state index contributed by atoms with van der Waals surface area (Å²) in [6.07, 6.45) is 1.52. The lowest BCUT2D eigenvalue weighted by Crippen LogP contribution is -2.10. The van der Waals surface area contributed by atoms with E-state index in [0.29, 0.717) is 11.8 Å². The van der Waals surface area contributed by atoms with E-state index in [1.165, 1.54) is 18.3 Å². The summed E-state index contributed by atoms with van der Waals surface area (Å²) in [6.45, 7) is 2.03. The van der Waals surface area contributed by atoms with Crippen LogP contribution in [-0.4, -0.2) is 15.2 Å². The molecule has 0 aliphatic carbocycles. The zero-order valence-corrected chi connectivity index (χ0v) is 12.6. The normalized spacial score (nSPS) is 11.7. The molecule has 1 aromatic heterocycles. The Bertz CT molecular complexity index is 761. The number of halogens is 1.